The number of amides is 1. The lowest BCUT2D eigenvalue weighted by atomic mass is 9.90. The highest BCUT2D eigenvalue weighted by Crippen LogP contribution is 2.30. The van der Waals surface area contributed by atoms with Crippen molar-refractivity contribution >= 4 is 46.5 Å². The molecule has 0 aromatic heterocycles. The molecule has 35 heavy (non-hydrogen) atoms. The van der Waals surface area contributed by atoms with Crippen LogP contribution in [0.1, 0.15) is 48.2 Å². The van der Waals surface area contributed by atoms with Crippen LogP contribution in [-0.4, -0.2) is 25.0 Å². The van der Waals surface area contributed by atoms with Crippen LogP contribution >= 0.6 is 23.2 Å². The molecule has 0 heterocycles. The van der Waals surface area contributed by atoms with Crippen LogP contribution in [0.4, 0.5) is 11.4 Å². The summed E-state index contributed by atoms with van der Waals surface area (Å²) in [5, 5.41) is 6.85. The van der Waals surface area contributed by atoms with E-state index in [2.05, 4.69) is 24.5 Å². The number of hydrogen-bond acceptors (Lipinski definition) is 4. The third-order valence-electron chi connectivity index (χ3n) is 5.45. The topological polar surface area (TPSA) is 67.4 Å². The summed E-state index contributed by atoms with van der Waals surface area (Å²) in [5.74, 6) is -0.652. The van der Waals surface area contributed by atoms with Crippen LogP contribution in [0.5, 0.6) is 0 Å². The third kappa shape index (κ3) is 7.23. The first-order valence-electron chi connectivity index (χ1n) is 11.6. The van der Waals surface area contributed by atoms with Crippen LogP contribution in [0.15, 0.2) is 66.7 Å². The molecule has 0 aliphatic heterocycles. The summed E-state index contributed by atoms with van der Waals surface area (Å²) in [6, 6.07) is 20.1. The predicted octanol–water partition coefficient (Wildman–Crippen LogP) is 7.20. The molecule has 3 aromatic rings. The van der Waals surface area contributed by atoms with Gasteiger partial charge in [0.05, 0.1) is 28.1 Å². The predicted molar refractivity (Wildman–Crippen MR) is 144 cm³/mol. The Morgan fingerprint density at radius 3 is 2.20 bits per heavy atom. The molecule has 1 unspecified atom stereocenters. The summed E-state index contributed by atoms with van der Waals surface area (Å²) in [6.45, 7) is 7.19. The van der Waals surface area contributed by atoms with Gasteiger partial charge < -0.3 is 15.4 Å². The lowest BCUT2D eigenvalue weighted by Crippen LogP contribution is -2.20. The highest BCUT2D eigenvalue weighted by molar-refractivity contribution is 6.40. The minimum absolute atomic E-state index is 0.229. The Morgan fingerprint density at radius 1 is 0.914 bits per heavy atom. The Morgan fingerprint density at radius 2 is 1.57 bits per heavy atom. The fourth-order valence-electron chi connectivity index (χ4n) is 3.71. The Kier molecular flexibility index (Phi) is 9.58. The van der Waals surface area contributed by atoms with Crippen LogP contribution in [0.2, 0.25) is 10.0 Å². The first-order valence-corrected chi connectivity index (χ1v) is 12.4. The Hall–Kier alpha value is -3.02. The zero-order valence-electron chi connectivity index (χ0n) is 20.1. The van der Waals surface area contributed by atoms with Crippen LogP contribution < -0.4 is 10.6 Å². The molecule has 1 atom stereocenters. The van der Waals surface area contributed by atoms with Crippen molar-refractivity contribution in [1.82, 2.24) is 0 Å². The number of halogens is 2. The average Bonchev–Trinajstić information content (AvgIpc) is 2.82. The fraction of sp³-hybridized carbons (Fsp3) is 0.286. The van der Waals surface area contributed by atoms with Crippen molar-refractivity contribution in [3.05, 3.63) is 93.5 Å². The molecule has 0 fully saturated rings. The number of hydrogen-bond donors (Lipinski definition) is 2. The summed E-state index contributed by atoms with van der Waals surface area (Å²) in [7, 11) is 0. The zero-order valence-corrected chi connectivity index (χ0v) is 21.6. The number of benzene rings is 3. The maximum absolute atomic E-state index is 12.9. The lowest BCUT2D eigenvalue weighted by molar-refractivity contribution is -0.144. The SMILES string of the molecule is CCOC(=O)C(Cc1ccc(NC(=O)c2c(Cl)cccc2Cl)cc1)c1ccccc1NCC(C)C. The molecule has 3 rings (SSSR count). The largest absolute Gasteiger partial charge is 0.466 e. The molecule has 3 aromatic carbocycles. The zero-order chi connectivity index (χ0) is 25.4. The fourth-order valence-corrected chi connectivity index (χ4v) is 4.28. The van der Waals surface area contributed by atoms with E-state index in [0.717, 1.165) is 23.4 Å². The van der Waals surface area contributed by atoms with Gasteiger partial charge in [-0.25, -0.2) is 0 Å². The van der Waals surface area contributed by atoms with E-state index in [1.165, 1.54) is 0 Å². The summed E-state index contributed by atoms with van der Waals surface area (Å²) < 4.78 is 5.41. The van der Waals surface area contributed by atoms with Gasteiger partial charge in [-0.05, 0) is 60.7 Å². The minimum atomic E-state index is -0.465. The second kappa shape index (κ2) is 12.6. The van der Waals surface area contributed by atoms with Crippen molar-refractivity contribution in [3.8, 4) is 0 Å². The monoisotopic (exact) mass is 512 g/mol. The van der Waals surface area contributed by atoms with Gasteiger partial charge in [0.1, 0.15) is 0 Å². The van der Waals surface area contributed by atoms with Crippen molar-refractivity contribution in [2.75, 3.05) is 23.8 Å². The highest BCUT2D eigenvalue weighted by atomic mass is 35.5. The van der Waals surface area contributed by atoms with Crippen LogP contribution in [0.25, 0.3) is 0 Å². The summed E-state index contributed by atoms with van der Waals surface area (Å²) in [4.78, 5) is 25.6. The van der Waals surface area contributed by atoms with Gasteiger partial charge in [0, 0.05) is 17.9 Å². The molecular formula is C28H30Cl2N2O3. The number of anilines is 2. The summed E-state index contributed by atoms with van der Waals surface area (Å²) in [5.41, 5.74) is 3.60. The molecule has 7 heteroatoms. The Labute approximate surface area is 216 Å². The second-order valence-electron chi connectivity index (χ2n) is 8.62. The normalized spacial score (nSPS) is 11.7. The van der Waals surface area contributed by atoms with Crippen LogP contribution in [0, 0.1) is 5.92 Å². The number of nitrogens with one attached hydrogen (secondary N) is 2. The van der Waals surface area contributed by atoms with Gasteiger partial charge in [0.2, 0.25) is 0 Å². The Balaban J connectivity index is 1.80. The van der Waals surface area contributed by atoms with Gasteiger partial charge in [-0.3, -0.25) is 9.59 Å². The van der Waals surface area contributed by atoms with E-state index in [0.29, 0.717) is 24.6 Å². The van der Waals surface area contributed by atoms with E-state index < -0.39 is 5.92 Å². The molecule has 1 amide bonds. The van der Waals surface area contributed by atoms with Crippen molar-refractivity contribution < 1.29 is 14.3 Å². The van der Waals surface area contributed by atoms with Gasteiger partial charge >= 0.3 is 5.97 Å². The molecule has 0 saturated carbocycles. The summed E-state index contributed by atoms with van der Waals surface area (Å²) >= 11 is 12.3. The number of carbonyl (C=O) groups is 2. The second-order valence-corrected chi connectivity index (χ2v) is 9.43. The van der Waals surface area contributed by atoms with Gasteiger partial charge in [0.15, 0.2) is 0 Å². The molecule has 0 aliphatic rings. The molecule has 0 saturated heterocycles. The van der Waals surface area contributed by atoms with E-state index in [-0.39, 0.29) is 27.5 Å². The smallest absolute Gasteiger partial charge is 0.313 e. The van der Waals surface area contributed by atoms with Crippen molar-refractivity contribution in [2.24, 2.45) is 5.92 Å². The van der Waals surface area contributed by atoms with Gasteiger partial charge in [-0.15, -0.1) is 0 Å². The van der Waals surface area contributed by atoms with E-state index in [4.69, 9.17) is 27.9 Å². The maximum atomic E-state index is 12.9. The number of esters is 1. The lowest BCUT2D eigenvalue weighted by Gasteiger charge is -2.21. The van der Waals surface area contributed by atoms with Crippen molar-refractivity contribution in [3.63, 3.8) is 0 Å². The maximum Gasteiger partial charge on any atom is 0.313 e. The highest BCUT2D eigenvalue weighted by Gasteiger charge is 2.25. The van der Waals surface area contributed by atoms with Gasteiger partial charge in [0.25, 0.3) is 5.91 Å². The summed E-state index contributed by atoms with van der Waals surface area (Å²) in [6.07, 6.45) is 0.462. The molecule has 0 radical (unpaired) electrons. The van der Waals surface area contributed by atoms with E-state index in [9.17, 15) is 9.59 Å². The van der Waals surface area contributed by atoms with Gasteiger partial charge in [-0.2, -0.15) is 0 Å². The van der Waals surface area contributed by atoms with Crippen LogP contribution in [0.3, 0.4) is 0 Å². The first-order chi connectivity index (χ1) is 16.8. The number of ether oxygens (including phenoxy) is 1. The average molecular weight is 513 g/mol. The molecule has 5 nitrogen and oxygen atoms in total. The molecule has 0 aliphatic carbocycles. The Bertz CT molecular complexity index is 1140. The standard InChI is InChI=1S/C28H30Cl2N2O3/c1-4-35-28(34)22(21-8-5-6-11-25(21)31-17-18(2)3)16-19-12-14-20(15-13-19)32-27(33)26-23(29)9-7-10-24(26)30/h5-15,18,22,31H,4,16-17H2,1-3H3,(H,32,33). The van der Waals surface area contributed by atoms with E-state index in [1.807, 2.05) is 36.4 Å². The molecule has 184 valence electrons. The van der Waals surface area contributed by atoms with Crippen molar-refractivity contribution in [2.45, 2.75) is 33.1 Å². The number of carbonyl (C=O) groups excluding carboxylic acids is 2. The first kappa shape index (κ1) is 26.6. The number of rotatable bonds is 10. The quantitative estimate of drug-likeness (QED) is 0.281. The molecule has 2 N–H and O–H groups in total. The van der Waals surface area contributed by atoms with E-state index >= 15 is 0 Å². The molecule has 0 bridgehead atoms. The third-order valence-corrected chi connectivity index (χ3v) is 6.08. The van der Waals surface area contributed by atoms with E-state index in [1.54, 1.807) is 37.3 Å². The van der Waals surface area contributed by atoms with Crippen LogP contribution in [-0.2, 0) is 16.0 Å². The number of para-hydroxylation sites is 1. The molecule has 0 spiro atoms. The molecular weight excluding hydrogens is 483 g/mol. The minimum Gasteiger partial charge on any atom is -0.466 e. The van der Waals surface area contributed by atoms with Crippen molar-refractivity contribution in [1.29, 1.82) is 0 Å². The van der Waals surface area contributed by atoms with Gasteiger partial charge in [-0.1, -0.05) is 73.4 Å².